The summed E-state index contributed by atoms with van der Waals surface area (Å²) >= 11 is 0. The molecule has 0 bridgehead atoms. The lowest BCUT2D eigenvalue weighted by Gasteiger charge is -2.39. The summed E-state index contributed by atoms with van der Waals surface area (Å²) in [6.07, 6.45) is 2.64. The van der Waals surface area contributed by atoms with Gasteiger partial charge in [-0.1, -0.05) is 29.8 Å². The predicted molar refractivity (Wildman–Crippen MR) is 71.7 cm³/mol. The molecule has 0 spiro atoms. The second-order valence-electron chi connectivity index (χ2n) is 5.38. The highest BCUT2D eigenvalue weighted by Crippen LogP contribution is 2.31. The number of aryl methyl sites for hydroxylation is 1. The van der Waals surface area contributed by atoms with E-state index in [1.165, 1.54) is 11.1 Å². The lowest BCUT2D eigenvalue weighted by Crippen LogP contribution is -2.45. The number of carbonyl (C=O) groups is 1. The monoisotopic (exact) mass is 247 g/mol. The number of likely N-dealkylation sites (N-methyl/N-ethyl adjacent to an activating group) is 1. The third-order valence-electron chi connectivity index (χ3n) is 3.96. The number of benzene rings is 1. The Balaban J connectivity index is 1.74. The van der Waals surface area contributed by atoms with E-state index in [9.17, 15) is 4.79 Å². The van der Waals surface area contributed by atoms with Crippen LogP contribution >= 0.6 is 0 Å². The number of carboxylic acid groups (broad SMARTS) is 1. The number of carboxylic acids is 1. The van der Waals surface area contributed by atoms with Crippen molar-refractivity contribution >= 4 is 5.97 Å². The maximum absolute atomic E-state index is 10.7. The molecule has 3 nitrogen and oxygen atoms in total. The van der Waals surface area contributed by atoms with E-state index >= 15 is 0 Å². The van der Waals surface area contributed by atoms with E-state index < -0.39 is 5.97 Å². The topological polar surface area (TPSA) is 40.5 Å². The zero-order chi connectivity index (χ0) is 13.1. The largest absolute Gasteiger partial charge is 0.481 e. The van der Waals surface area contributed by atoms with Gasteiger partial charge in [0.1, 0.15) is 0 Å². The second kappa shape index (κ2) is 5.53. The highest BCUT2D eigenvalue weighted by molar-refractivity contribution is 5.71. The van der Waals surface area contributed by atoms with Crippen LogP contribution in [0.3, 0.4) is 0 Å². The van der Waals surface area contributed by atoms with Crippen molar-refractivity contribution in [1.29, 1.82) is 0 Å². The Hall–Kier alpha value is -1.35. The zero-order valence-electron chi connectivity index (χ0n) is 11.1. The molecule has 0 amide bonds. The van der Waals surface area contributed by atoms with Crippen LogP contribution in [0.5, 0.6) is 0 Å². The van der Waals surface area contributed by atoms with Crippen LogP contribution in [0.4, 0.5) is 0 Å². The maximum atomic E-state index is 10.7. The predicted octanol–water partition coefficient (Wildman–Crippen LogP) is 2.33. The molecule has 1 fully saturated rings. The van der Waals surface area contributed by atoms with Gasteiger partial charge in [-0.15, -0.1) is 0 Å². The lowest BCUT2D eigenvalue weighted by molar-refractivity contribution is -0.146. The number of aliphatic carboxylic acids is 1. The smallest absolute Gasteiger partial charge is 0.306 e. The summed E-state index contributed by atoms with van der Waals surface area (Å²) in [5.41, 5.74) is 2.64. The van der Waals surface area contributed by atoms with Crippen molar-refractivity contribution < 1.29 is 9.90 Å². The SMILES string of the molecule is Cc1ccc(CCN(C)C2CC(C(=O)O)C2)cc1. The molecule has 18 heavy (non-hydrogen) atoms. The fourth-order valence-electron chi connectivity index (χ4n) is 2.39. The lowest BCUT2D eigenvalue weighted by atomic mass is 9.79. The van der Waals surface area contributed by atoms with Crippen LogP contribution in [0.25, 0.3) is 0 Å². The van der Waals surface area contributed by atoms with Gasteiger partial charge in [0.25, 0.3) is 0 Å². The van der Waals surface area contributed by atoms with E-state index in [2.05, 4.69) is 43.1 Å². The fourth-order valence-corrected chi connectivity index (χ4v) is 2.39. The molecule has 1 aromatic carbocycles. The Labute approximate surface area is 108 Å². The van der Waals surface area contributed by atoms with Crippen molar-refractivity contribution in [3.05, 3.63) is 35.4 Å². The van der Waals surface area contributed by atoms with Crippen LogP contribution in [-0.2, 0) is 11.2 Å². The van der Waals surface area contributed by atoms with Crippen LogP contribution in [-0.4, -0.2) is 35.6 Å². The summed E-state index contributed by atoms with van der Waals surface area (Å²) in [4.78, 5) is 13.0. The van der Waals surface area contributed by atoms with Gasteiger partial charge in [0.05, 0.1) is 5.92 Å². The fraction of sp³-hybridized carbons (Fsp3) is 0.533. The standard InChI is InChI=1S/C15H21NO2/c1-11-3-5-12(6-4-11)7-8-16(2)14-9-13(10-14)15(17)18/h3-6,13-14H,7-10H2,1-2H3,(H,17,18). The first-order valence-electron chi connectivity index (χ1n) is 6.55. The number of hydrogen-bond acceptors (Lipinski definition) is 2. The molecule has 1 aromatic rings. The minimum absolute atomic E-state index is 0.114. The van der Waals surface area contributed by atoms with Crippen LogP contribution in [0, 0.1) is 12.8 Å². The van der Waals surface area contributed by atoms with Gasteiger partial charge in [-0.3, -0.25) is 4.79 Å². The zero-order valence-corrected chi connectivity index (χ0v) is 11.1. The van der Waals surface area contributed by atoms with Gasteiger partial charge in [0, 0.05) is 12.6 Å². The Morgan fingerprint density at radius 1 is 1.33 bits per heavy atom. The molecule has 0 aliphatic heterocycles. The highest BCUT2D eigenvalue weighted by atomic mass is 16.4. The molecule has 1 saturated carbocycles. The highest BCUT2D eigenvalue weighted by Gasteiger charge is 2.36. The first-order valence-corrected chi connectivity index (χ1v) is 6.55. The van der Waals surface area contributed by atoms with Crippen molar-refractivity contribution in [2.45, 2.75) is 32.2 Å². The van der Waals surface area contributed by atoms with E-state index in [1.54, 1.807) is 0 Å². The quantitative estimate of drug-likeness (QED) is 0.868. The Kier molecular flexibility index (Phi) is 4.02. The molecule has 0 radical (unpaired) electrons. The third-order valence-corrected chi connectivity index (χ3v) is 3.96. The van der Waals surface area contributed by atoms with E-state index in [-0.39, 0.29) is 5.92 Å². The summed E-state index contributed by atoms with van der Waals surface area (Å²) in [7, 11) is 2.09. The normalized spacial score (nSPS) is 22.8. The second-order valence-corrected chi connectivity index (χ2v) is 5.38. The molecule has 2 rings (SSSR count). The third kappa shape index (κ3) is 3.10. The summed E-state index contributed by atoms with van der Waals surface area (Å²) < 4.78 is 0. The molecule has 1 aliphatic carbocycles. The van der Waals surface area contributed by atoms with Gasteiger partial charge in [-0.2, -0.15) is 0 Å². The number of nitrogens with zero attached hydrogens (tertiary/aromatic N) is 1. The van der Waals surface area contributed by atoms with E-state index in [4.69, 9.17) is 5.11 Å². The summed E-state index contributed by atoms with van der Waals surface area (Å²) in [6.45, 7) is 3.09. The van der Waals surface area contributed by atoms with Gasteiger partial charge in [0.2, 0.25) is 0 Å². The molecule has 1 aliphatic rings. The van der Waals surface area contributed by atoms with Crippen molar-refractivity contribution in [3.63, 3.8) is 0 Å². The first-order chi connectivity index (χ1) is 8.56. The van der Waals surface area contributed by atoms with Crippen molar-refractivity contribution in [3.8, 4) is 0 Å². The molecular formula is C15H21NO2. The Morgan fingerprint density at radius 2 is 1.94 bits per heavy atom. The molecule has 3 heteroatoms. The van der Waals surface area contributed by atoms with Crippen LogP contribution in [0.15, 0.2) is 24.3 Å². The maximum Gasteiger partial charge on any atom is 0.306 e. The molecule has 0 aromatic heterocycles. The molecule has 98 valence electrons. The average Bonchev–Trinajstić information content (AvgIpc) is 2.25. The van der Waals surface area contributed by atoms with Gasteiger partial charge >= 0.3 is 5.97 Å². The number of rotatable bonds is 5. The average molecular weight is 247 g/mol. The summed E-state index contributed by atoms with van der Waals surface area (Å²) in [5, 5.41) is 8.85. The minimum Gasteiger partial charge on any atom is -0.481 e. The van der Waals surface area contributed by atoms with Crippen molar-refractivity contribution in [1.82, 2.24) is 4.90 Å². The van der Waals surface area contributed by atoms with Gasteiger partial charge < -0.3 is 10.0 Å². The molecule has 1 N–H and O–H groups in total. The van der Waals surface area contributed by atoms with E-state index in [0.717, 1.165) is 25.8 Å². The van der Waals surface area contributed by atoms with Crippen LogP contribution < -0.4 is 0 Å². The molecule has 0 unspecified atom stereocenters. The van der Waals surface area contributed by atoms with E-state index in [1.807, 2.05) is 0 Å². The Morgan fingerprint density at radius 3 is 2.50 bits per heavy atom. The van der Waals surface area contributed by atoms with Crippen molar-refractivity contribution in [2.75, 3.05) is 13.6 Å². The Bertz CT molecular complexity index is 407. The summed E-state index contributed by atoms with van der Waals surface area (Å²) in [6, 6.07) is 9.07. The molecule has 0 atom stereocenters. The van der Waals surface area contributed by atoms with Crippen LogP contribution in [0.1, 0.15) is 24.0 Å². The molecule has 0 saturated heterocycles. The van der Waals surface area contributed by atoms with Gasteiger partial charge in [-0.25, -0.2) is 0 Å². The van der Waals surface area contributed by atoms with Gasteiger partial charge in [-0.05, 0) is 38.8 Å². The number of hydrogen-bond donors (Lipinski definition) is 1. The van der Waals surface area contributed by atoms with Crippen LogP contribution in [0.2, 0.25) is 0 Å². The van der Waals surface area contributed by atoms with Crippen molar-refractivity contribution in [2.24, 2.45) is 5.92 Å². The van der Waals surface area contributed by atoms with Gasteiger partial charge in [0.15, 0.2) is 0 Å². The molecule has 0 heterocycles. The van der Waals surface area contributed by atoms with E-state index in [0.29, 0.717) is 6.04 Å². The molecular weight excluding hydrogens is 226 g/mol. The summed E-state index contributed by atoms with van der Waals surface area (Å²) in [5.74, 6) is -0.755. The first kappa shape index (κ1) is 13.1. The minimum atomic E-state index is -0.641.